The number of nitrogen functional groups attached to an aromatic ring is 1. The Morgan fingerprint density at radius 2 is 1.88 bits per heavy atom. The molecular formula is C23H32N8O3. The zero-order chi connectivity index (χ0) is 23.8. The first-order valence-corrected chi connectivity index (χ1v) is 12.0. The van der Waals surface area contributed by atoms with Gasteiger partial charge in [-0.1, -0.05) is 13.8 Å². The van der Waals surface area contributed by atoms with Gasteiger partial charge in [-0.3, -0.25) is 4.79 Å². The topological polar surface area (TPSA) is 134 Å². The van der Waals surface area contributed by atoms with Crippen LogP contribution in [0.5, 0.6) is 0 Å². The largest absolute Gasteiger partial charge is 0.383 e. The molecule has 5 rings (SSSR count). The summed E-state index contributed by atoms with van der Waals surface area (Å²) in [6.07, 6.45) is 4.10. The number of amides is 1. The van der Waals surface area contributed by atoms with Gasteiger partial charge in [-0.2, -0.15) is 4.98 Å². The van der Waals surface area contributed by atoms with Gasteiger partial charge in [-0.15, -0.1) is 0 Å². The number of carbonyl (C=O) groups excluding carboxylic acids is 1. The fraction of sp³-hybridized carbons (Fsp3) is 0.609. The number of anilines is 3. The molecule has 0 bridgehead atoms. The number of ether oxygens (including phenoxy) is 1. The van der Waals surface area contributed by atoms with Crippen molar-refractivity contribution in [3.8, 4) is 11.3 Å². The Labute approximate surface area is 199 Å². The number of nitrogens with two attached hydrogens (primary N) is 1. The van der Waals surface area contributed by atoms with Crippen LogP contribution in [0.4, 0.5) is 17.7 Å². The number of likely N-dealkylation sites (tertiary alicyclic amines) is 1. The molecule has 0 spiro atoms. The molecule has 182 valence electrons. The molecule has 5 heterocycles. The van der Waals surface area contributed by atoms with Crippen LogP contribution in [0.15, 0.2) is 12.4 Å². The Bertz CT molecular complexity index is 1040. The van der Waals surface area contributed by atoms with Crippen LogP contribution in [-0.4, -0.2) is 93.9 Å². The number of fused-ring (bicyclic) bond motifs is 1. The van der Waals surface area contributed by atoms with Gasteiger partial charge in [0.1, 0.15) is 11.9 Å². The van der Waals surface area contributed by atoms with E-state index < -0.39 is 6.10 Å². The van der Waals surface area contributed by atoms with Crippen LogP contribution < -0.4 is 15.5 Å². The number of hydrogen-bond acceptors (Lipinski definition) is 10. The smallest absolute Gasteiger partial charge is 0.251 e. The normalized spacial score (nSPS) is 21.3. The fourth-order valence-electron chi connectivity index (χ4n) is 4.89. The first-order valence-electron chi connectivity index (χ1n) is 12.0. The summed E-state index contributed by atoms with van der Waals surface area (Å²) in [6.45, 7) is 8.49. The molecule has 2 unspecified atom stereocenters. The molecule has 2 atom stereocenters. The molecule has 1 amide bonds. The van der Waals surface area contributed by atoms with Crippen molar-refractivity contribution < 1.29 is 14.6 Å². The van der Waals surface area contributed by atoms with Crippen molar-refractivity contribution in [2.75, 3.05) is 61.5 Å². The molecule has 0 aliphatic carbocycles. The molecule has 34 heavy (non-hydrogen) atoms. The average Bonchev–Trinajstić information content (AvgIpc) is 3.51. The summed E-state index contributed by atoms with van der Waals surface area (Å²) in [5.41, 5.74) is 8.42. The third kappa shape index (κ3) is 4.25. The van der Waals surface area contributed by atoms with E-state index in [1.54, 1.807) is 17.3 Å². The van der Waals surface area contributed by atoms with Crippen LogP contribution in [0.2, 0.25) is 0 Å². The predicted molar refractivity (Wildman–Crippen MR) is 127 cm³/mol. The van der Waals surface area contributed by atoms with Gasteiger partial charge in [-0.05, 0) is 18.8 Å². The lowest BCUT2D eigenvalue weighted by Crippen LogP contribution is -2.43. The molecule has 3 N–H and O–H groups in total. The van der Waals surface area contributed by atoms with Gasteiger partial charge in [0, 0.05) is 62.3 Å². The quantitative estimate of drug-likeness (QED) is 0.632. The standard InChI is InChI=1S/C23H32N8O3/c1-14(2)19(32)21(33)30-5-3-16(13-30)31-6-4-17-18(15-11-25-22(24)26-12-15)27-23(28-20(17)31)29-7-9-34-10-8-29/h11-12,14,16,19,32H,3-10,13H2,1-2H3,(H2,24,25,26). The predicted octanol–water partition coefficient (Wildman–Crippen LogP) is 0.333. The summed E-state index contributed by atoms with van der Waals surface area (Å²) in [7, 11) is 0. The summed E-state index contributed by atoms with van der Waals surface area (Å²) >= 11 is 0. The molecule has 3 aliphatic heterocycles. The second kappa shape index (κ2) is 9.30. The van der Waals surface area contributed by atoms with Crippen molar-refractivity contribution in [3.63, 3.8) is 0 Å². The first kappa shape index (κ1) is 22.7. The monoisotopic (exact) mass is 468 g/mol. The maximum atomic E-state index is 12.7. The highest BCUT2D eigenvalue weighted by atomic mass is 16.5. The van der Waals surface area contributed by atoms with Crippen molar-refractivity contribution in [1.29, 1.82) is 0 Å². The van der Waals surface area contributed by atoms with Gasteiger partial charge < -0.3 is 30.3 Å². The highest BCUT2D eigenvalue weighted by Gasteiger charge is 2.38. The van der Waals surface area contributed by atoms with Gasteiger partial charge in [-0.25, -0.2) is 15.0 Å². The molecule has 11 nitrogen and oxygen atoms in total. The molecule has 0 radical (unpaired) electrons. The number of morpholine rings is 1. The average molecular weight is 469 g/mol. The van der Waals surface area contributed by atoms with Gasteiger partial charge in [0.05, 0.1) is 18.9 Å². The molecule has 0 saturated carbocycles. The van der Waals surface area contributed by atoms with Crippen molar-refractivity contribution in [1.82, 2.24) is 24.8 Å². The maximum absolute atomic E-state index is 12.7. The third-order valence-corrected chi connectivity index (χ3v) is 6.89. The minimum atomic E-state index is -0.961. The van der Waals surface area contributed by atoms with Crippen molar-refractivity contribution in [2.45, 2.75) is 38.8 Å². The lowest BCUT2D eigenvalue weighted by atomic mass is 10.1. The summed E-state index contributed by atoms with van der Waals surface area (Å²) in [5, 5.41) is 10.3. The van der Waals surface area contributed by atoms with E-state index in [1.807, 2.05) is 13.8 Å². The van der Waals surface area contributed by atoms with Crippen LogP contribution in [0, 0.1) is 5.92 Å². The van der Waals surface area contributed by atoms with E-state index in [4.69, 9.17) is 20.4 Å². The number of carbonyl (C=O) groups is 1. The van der Waals surface area contributed by atoms with E-state index in [1.165, 1.54) is 0 Å². The van der Waals surface area contributed by atoms with Crippen LogP contribution >= 0.6 is 0 Å². The minimum absolute atomic E-state index is 0.104. The molecule has 2 fully saturated rings. The molecule has 2 aromatic heterocycles. The zero-order valence-electron chi connectivity index (χ0n) is 19.7. The number of aliphatic hydroxyl groups is 1. The Morgan fingerprint density at radius 1 is 1.15 bits per heavy atom. The molecule has 2 aromatic rings. The van der Waals surface area contributed by atoms with E-state index in [-0.39, 0.29) is 23.8 Å². The Kier molecular flexibility index (Phi) is 6.22. The Hall–Kier alpha value is -3.05. The Balaban J connectivity index is 1.46. The second-order valence-electron chi connectivity index (χ2n) is 9.46. The highest BCUT2D eigenvalue weighted by molar-refractivity contribution is 5.81. The van der Waals surface area contributed by atoms with Crippen molar-refractivity contribution in [3.05, 3.63) is 18.0 Å². The van der Waals surface area contributed by atoms with Crippen LogP contribution in [-0.2, 0) is 16.0 Å². The van der Waals surface area contributed by atoms with E-state index in [9.17, 15) is 9.90 Å². The first-order chi connectivity index (χ1) is 16.4. The van der Waals surface area contributed by atoms with Crippen molar-refractivity contribution >= 4 is 23.6 Å². The van der Waals surface area contributed by atoms with E-state index in [2.05, 4.69) is 19.8 Å². The van der Waals surface area contributed by atoms with Crippen molar-refractivity contribution in [2.24, 2.45) is 5.92 Å². The summed E-state index contributed by atoms with van der Waals surface area (Å²) < 4.78 is 5.52. The van der Waals surface area contributed by atoms with E-state index >= 15 is 0 Å². The lowest BCUT2D eigenvalue weighted by molar-refractivity contribution is -0.141. The molecule has 11 heteroatoms. The number of aromatic nitrogens is 4. The summed E-state index contributed by atoms with van der Waals surface area (Å²) in [4.78, 5) is 37.2. The van der Waals surface area contributed by atoms with Gasteiger partial charge in [0.25, 0.3) is 5.91 Å². The molecular weight excluding hydrogens is 436 g/mol. The number of hydrogen-bond donors (Lipinski definition) is 2. The number of rotatable bonds is 5. The zero-order valence-corrected chi connectivity index (χ0v) is 19.7. The fourth-order valence-corrected chi connectivity index (χ4v) is 4.89. The SMILES string of the molecule is CC(C)C(O)C(=O)N1CCC(N2CCc3c(-c4cnc(N)nc4)nc(N4CCOCC4)nc32)C1. The second-order valence-corrected chi connectivity index (χ2v) is 9.46. The van der Waals surface area contributed by atoms with Crippen LogP contribution in [0.25, 0.3) is 11.3 Å². The van der Waals surface area contributed by atoms with Gasteiger partial charge >= 0.3 is 0 Å². The molecule has 0 aromatic carbocycles. The van der Waals surface area contributed by atoms with Gasteiger partial charge in [0.15, 0.2) is 0 Å². The summed E-state index contributed by atoms with van der Waals surface area (Å²) in [6, 6.07) is 0.146. The third-order valence-electron chi connectivity index (χ3n) is 6.89. The Morgan fingerprint density at radius 3 is 2.59 bits per heavy atom. The maximum Gasteiger partial charge on any atom is 0.251 e. The minimum Gasteiger partial charge on any atom is -0.383 e. The highest BCUT2D eigenvalue weighted by Crippen LogP contribution is 2.37. The van der Waals surface area contributed by atoms with E-state index in [0.717, 1.165) is 55.1 Å². The van der Waals surface area contributed by atoms with Gasteiger partial charge in [0.2, 0.25) is 11.9 Å². The lowest BCUT2D eigenvalue weighted by Gasteiger charge is -2.30. The summed E-state index contributed by atoms with van der Waals surface area (Å²) in [5.74, 6) is 1.51. The van der Waals surface area contributed by atoms with E-state index in [0.29, 0.717) is 32.3 Å². The molecule has 2 saturated heterocycles. The molecule has 3 aliphatic rings. The van der Waals surface area contributed by atoms with Crippen LogP contribution in [0.3, 0.4) is 0 Å². The van der Waals surface area contributed by atoms with Crippen LogP contribution in [0.1, 0.15) is 25.8 Å². The number of nitrogens with zero attached hydrogens (tertiary/aromatic N) is 7. The number of aliphatic hydroxyl groups excluding tert-OH is 1.